The van der Waals surface area contributed by atoms with Gasteiger partial charge in [-0.25, -0.2) is 4.39 Å². The molecule has 1 amide bonds. The summed E-state index contributed by atoms with van der Waals surface area (Å²) in [4.78, 5) is 11.8. The smallest absolute Gasteiger partial charge is 0.224 e. The first-order valence-corrected chi connectivity index (χ1v) is 7.86. The molecule has 0 bridgehead atoms. The van der Waals surface area contributed by atoms with E-state index in [0.29, 0.717) is 23.4 Å². The number of piperidine rings is 1. The number of hydrogen-bond donors (Lipinski definition) is 2. The van der Waals surface area contributed by atoms with Crippen molar-refractivity contribution in [2.75, 3.05) is 19.6 Å². The number of rotatable bonds is 5. The van der Waals surface area contributed by atoms with Crippen LogP contribution in [-0.2, 0) is 11.2 Å². The third kappa shape index (κ3) is 4.87. The molecule has 1 aliphatic rings. The van der Waals surface area contributed by atoms with Crippen LogP contribution in [0.25, 0.3) is 0 Å². The largest absolute Gasteiger partial charge is 0.356 e. The Morgan fingerprint density at radius 1 is 1.50 bits per heavy atom. The van der Waals surface area contributed by atoms with Crippen LogP contribution in [0, 0.1) is 11.7 Å². The minimum atomic E-state index is -0.307. The second-order valence-electron chi connectivity index (χ2n) is 5.28. The van der Waals surface area contributed by atoms with E-state index in [2.05, 4.69) is 26.6 Å². The molecule has 1 heterocycles. The summed E-state index contributed by atoms with van der Waals surface area (Å²) in [5, 5.41) is 6.31. The zero-order valence-corrected chi connectivity index (χ0v) is 13.0. The van der Waals surface area contributed by atoms with Crippen molar-refractivity contribution in [3.8, 4) is 0 Å². The quantitative estimate of drug-likeness (QED) is 0.863. The van der Waals surface area contributed by atoms with Crippen LogP contribution in [0.1, 0.15) is 24.8 Å². The van der Waals surface area contributed by atoms with Crippen LogP contribution >= 0.6 is 15.9 Å². The first kappa shape index (κ1) is 15.4. The lowest BCUT2D eigenvalue weighted by Gasteiger charge is -2.22. The fourth-order valence-corrected chi connectivity index (χ4v) is 2.91. The number of benzene rings is 1. The van der Waals surface area contributed by atoms with Gasteiger partial charge in [0.25, 0.3) is 0 Å². The molecule has 1 aliphatic heterocycles. The van der Waals surface area contributed by atoms with E-state index in [-0.39, 0.29) is 11.7 Å². The Hall–Kier alpha value is -0.940. The van der Waals surface area contributed by atoms with Gasteiger partial charge >= 0.3 is 0 Å². The topological polar surface area (TPSA) is 41.1 Å². The van der Waals surface area contributed by atoms with E-state index in [1.807, 2.05) is 0 Å². The minimum absolute atomic E-state index is 0.00715. The van der Waals surface area contributed by atoms with E-state index >= 15 is 0 Å². The standard InChI is InChI=1S/C15H20BrFN2O/c16-13-8-12(3-4-14(13)17)9-15(20)19-7-5-11-2-1-6-18-10-11/h3-4,8,11,18H,1-2,5-7,9-10H2,(H,19,20). The van der Waals surface area contributed by atoms with Crippen LogP contribution in [0.4, 0.5) is 4.39 Å². The SMILES string of the molecule is O=C(Cc1ccc(F)c(Br)c1)NCCC1CCCNC1. The molecule has 1 aromatic rings. The molecule has 1 atom stereocenters. The lowest BCUT2D eigenvalue weighted by Crippen LogP contribution is -2.33. The Bertz CT molecular complexity index is 461. The molecule has 110 valence electrons. The highest BCUT2D eigenvalue weighted by molar-refractivity contribution is 9.10. The van der Waals surface area contributed by atoms with E-state index in [1.54, 1.807) is 12.1 Å². The van der Waals surface area contributed by atoms with Crippen molar-refractivity contribution in [1.82, 2.24) is 10.6 Å². The molecule has 5 heteroatoms. The summed E-state index contributed by atoms with van der Waals surface area (Å²) in [5.41, 5.74) is 0.815. The van der Waals surface area contributed by atoms with Crippen LogP contribution in [0.2, 0.25) is 0 Å². The van der Waals surface area contributed by atoms with Gasteiger partial charge in [0, 0.05) is 6.54 Å². The summed E-state index contributed by atoms with van der Waals surface area (Å²) >= 11 is 3.13. The number of halogens is 2. The van der Waals surface area contributed by atoms with Crippen molar-refractivity contribution >= 4 is 21.8 Å². The van der Waals surface area contributed by atoms with Gasteiger partial charge in [0.2, 0.25) is 5.91 Å². The highest BCUT2D eigenvalue weighted by atomic mass is 79.9. The molecule has 0 radical (unpaired) electrons. The van der Waals surface area contributed by atoms with Gasteiger partial charge < -0.3 is 10.6 Å². The molecule has 0 aliphatic carbocycles. The van der Waals surface area contributed by atoms with Crippen LogP contribution in [0.3, 0.4) is 0 Å². The van der Waals surface area contributed by atoms with Gasteiger partial charge in [-0.3, -0.25) is 4.79 Å². The van der Waals surface area contributed by atoms with E-state index in [4.69, 9.17) is 0 Å². The van der Waals surface area contributed by atoms with Crippen molar-refractivity contribution in [1.29, 1.82) is 0 Å². The molecule has 1 saturated heterocycles. The van der Waals surface area contributed by atoms with E-state index in [9.17, 15) is 9.18 Å². The summed E-state index contributed by atoms with van der Waals surface area (Å²) in [6.07, 6.45) is 3.78. The lowest BCUT2D eigenvalue weighted by atomic mass is 9.96. The molecule has 3 nitrogen and oxygen atoms in total. The molecule has 2 N–H and O–H groups in total. The molecule has 1 aromatic carbocycles. The number of amides is 1. The summed E-state index contributed by atoms with van der Waals surface area (Å²) in [6, 6.07) is 4.67. The van der Waals surface area contributed by atoms with Gasteiger partial charge in [0.1, 0.15) is 5.82 Å². The van der Waals surface area contributed by atoms with Gasteiger partial charge in [0.05, 0.1) is 10.9 Å². The van der Waals surface area contributed by atoms with Crippen LogP contribution in [-0.4, -0.2) is 25.5 Å². The highest BCUT2D eigenvalue weighted by Gasteiger charge is 2.13. The maximum Gasteiger partial charge on any atom is 0.224 e. The number of carbonyl (C=O) groups is 1. The normalized spacial score (nSPS) is 18.8. The summed E-state index contributed by atoms with van der Waals surface area (Å²) < 4.78 is 13.5. The van der Waals surface area contributed by atoms with Gasteiger partial charge in [-0.2, -0.15) is 0 Å². The fourth-order valence-electron chi connectivity index (χ4n) is 2.48. The van der Waals surface area contributed by atoms with Crippen molar-refractivity contribution in [3.05, 3.63) is 34.1 Å². The number of hydrogen-bond acceptors (Lipinski definition) is 2. The van der Waals surface area contributed by atoms with E-state index in [1.165, 1.54) is 18.9 Å². The van der Waals surface area contributed by atoms with Crippen LogP contribution in [0.15, 0.2) is 22.7 Å². The summed E-state index contributed by atoms with van der Waals surface area (Å²) in [6.45, 7) is 2.89. The Labute approximate surface area is 127 Å². The molecule has 0 saturated carbocycles. The predicted molar refractivity (Wildman–Crippen MR) is 81.0 cm³/mol. The van der Waals surface area contributed by atoms with Crippen molar-refractivity contribution in [2.45, 2.75) is 25.7 Å². The van der Waals surface area contributed by atoms with Crippen molar-refractivity contribution in [3.63, 3.8) is 0 Å². The average molecular weight is 343 g/mol. The van der Waals surface area contributed by atoms with E-state index < -0.39 is 0 Å². The third-order valence-electron chi connectivity index (χ3n) is 3.62. The minimum Gasteiger partial charge on any atom is -0.356 e. The number of carbonyl (C=O) groups excluding carboxylic acids is 1. The van der Waals surface area contributed by atoms with Crippen molar-refractivity contribution in [2.24, 2.45) is 5.92 Å². The zero-order valence-electron chi connectivity index (χ0n) is 11.4. The lowest BCUT2D eigenvalue weighted by molar-refractivity contribution is -0.120. The molecular formula is C15H20BrFN2O. The van der Waals surface area contributed by atoms with Gasteiger partial charge in [-0.05, 0) is 71.9 Å². The van der Waals surface area contributed by atoms with Gasteiger partial charge in [-0.1, -0.05) is 6.07 Å². The second-order valence-corrected chi connectivity index (χ2v) is 6.13. The average Bonchev–Trinajstić information content (AvgIpc) is 2.44. The van der Waals surface area contributed by atoms with Crippen LogP contribution < -0.4 is 10.6 Å². The van der Waals surface area contributed by atoms with Gasteiger partial charge in [-0.15, -0.1) is 0 Å². The molecule has 0 aromatic heterocycles. The Kier molecular flexibility index (Phi) is 5.98. The fraction of sp³-hybridized carbons (Fsp3) is 0.533. The Morgan fingerprint density at radius 2 is 2.35 bits per heavy atom. The molecule has 1 unspecified atom stereocenters. The zero-order chi connectivity index (χ0) is 14.4. The maximum atomic E-state index is 13.1. The van der Waals surface area contributed by atoms with Crippen molar-refractivity contribution < 1.29 is 9.18 Å². The monoisotopic (exact) mass is 342 g/mol. The predicted octanol–water partition coefficient (Wildman–Crippen LogP) is 2.64. The molecule has 1 fully saturated rings. The molecular weight excluding hydrogens is 323 g/mol. The third-order valence-corrected chi connectivity index (χ3v) is 4.23. The highest BCUT2D eigenvalue weighted by Crippen LogP contribution is 2.17. The van der Waals surface area contributed by atoms with Gasteiger partial charge in [0.15, 0.2) is 0 Å². The summed E-state index contributed by atoms with van der Waals surface area (Å²) in [7, 11) is 0. The first-order chi connectivity index (χ1) is 9.65. The van der Waals surface area contributed by atoms with E-state index in [0.717, 1.165) is 25.1 Å². The maximum absolute atomic E-state index is 13.1. The number of nitrogens with one attached hydrogen (secondary N) is 2. The molecule has 2 rings (SSSR count). The Morgan fingerprint density at radius 3 is 3.05 bits per heavy atom. The first-order valence-electron chi connectivity index (χ1n) is 7.06. The summed E-state index contributed by atoms with van der Waals surface area (Å²) in [5.74, 6) is 0.357. The molecule has 20 heavy (non-hydrogen) atoms. The molecule has 0 spiro atoms. The Balaban J connectivity index is 1.70. The second kappa shape index (κ2) is 7.74. The van der Waals surface area contributed by atoms with Crippen LogP contribution in [0.5, 0.6) is 0 Å².